The number of allylic oxidation sites excluding steroid dienone is 1. The molecular formula is C20H20N2O6. The van der Waals surface area contributed by atoms with E-state index in [1.165, 1.54) is 37.6 Å². The molecule has 3 N–H and O–H groups in total. The van der Waals surface area contributed by atoms with Gasteiger partial charge in [-0.15, -0.1) is 6.58 Å². The first-order chi connectivity index (χ1) is 13.4. The van der Waals surface area contributed by atoms with Crippen molar-refractivity contribution in [1.29, 1.82) is 0 Å². The van der Waals surface area contributed by atoms with E-state index in [1.807, 2.05) is 0 Å². The van der Waals surface area contributed by atoms with Crippen molar-refractivity contribution in [3.8, 4) is 17.2 Å². The molecule has 0 fully saturated rings. The first kappa shape index (κ1) is 20.5. The summed E-state index contributed by atoms with van der Waals surface area (Å²) < 4.78 is 10.6. The number of rotatable bonds is 9. The van der Waals surface area contributed by atoms with Crippen molar-refractivity contribution >= 4 is 18.1 Å². The topological polar surface area (TPSA) is 117 Å². The summed E-state index contributed by atoms with van der Waals surface area (Å²) in [7, 11) is 1.44. The molecule has 0 bridgehead atoms. The van der Waals surface area contributed by atoms with E-state index in [1.54, 1.807) is 18.2 Å². The number of benzene rings is 2. The van der Waals surface area contributed by atoms with Crippen LogP contribution in [0.3, 0.4) is 0 Å². The predicted molar refractivity (Wildman–Crippen MR) is 103 cm³/mol. The first-order valence-electron chi connectivity index (χ1n) is 8.23. The van der Waals surface area contributed by atoms with Crippen LogP contribution in [0.2, 0.25) is 0 Å². The lowest BCUT2D eigenvalue weighted by molar-refractivity contribution is -0.139. The number of carboxylic acids is 1. The van der Waals surface area contributed by atoms with Gasteiger partial charge in [0.25, 0.3) is 5.91 Å². The molecule has 0 unspecified atom stereocenters. The standard InChI is InChI=1S/C20H20N2O6/c1-3-4-15-9-13(10-17(27-2)19(15)28-12-18(24)25)11-21-22-20(26)14-5-7-16(23)8-6-14/h3,5-11,23H,1,4,12H2,2H3,(H,22,26)(H,24,25)/b21-11-. The van der Waals surface area contributed by atoms with Gasteiger partial charge in [0.15, 0.2) is 18.1 Å². The SMILES string of the molecule is C=CCc1cc(/C=N\NC(=O)c2ccc(O)cc2)cc(OC)c1OCC(=O)O. The van der Waals surface area contributed by atoms with Gasteiger partial charge in [0.05, 0.1) is 13.3 Å². The number of nitrogens with one attached hydrogen (secondary N) is 1. The number of aromatic hydroxyl groups is 1. The molecule has 0 aliphatic rings. The number of nitrogens with zero attached hydrogens (tertiary/aromatic N) is 1. The number of hydrogen-bond acceptors (Lipinski definition) is 6. The molecule has 8 heteroatoms. The number of carbonyl (C=O) groups is 2. The van der Waals surface area contributed by atoms with E-state index in [0.717, 1.165) is 0 Å². The number of carboxylic acid groups (broad SMARTS) is 1. The number of carbonyl (C=O) groups excluding carboxylic acids is 1. The van der Waals surface area contributed by atoms with Gasteiger partial charge in [-0.3, -0.25) is 4.79 Å². The second-order valence-corrected chi connectivity index (χ2v) is 5.63. The van der Waals surface area contributed by atoms with Crippen LogP contribution in [0, 0.1) is 0 Å². The Hall–Kier alpha value is -3.81. The Morgan fingerprint density at radius 2 is 1.96 bits per heavy atom. The Kier molecular flexibility index (Phi) is 7.15. The van der Waals surface area contributed by atoms with Gasteiger partial charge in [-0.25, -0.2) is 10.2 Å². The van der Waals surface area contributed by atoms with Crippen LogP contribution in [0.1, 0.15) is 21.5 Å². The Labute approximate surface area is 161 Å². The summed E-state index contributed by atoms with van der Waals surface area (Å²) in [5.41, 5.74) is 4.02. The maximum atomic E-state index is 12.0. The molecule has 146 valence electrons. The predicted octanol–water partition coefficient (Wildman–Crippen LogP) is 2.36. The third kappa shape index (κ3) is 5.60. The summed E-state index contributed by atoms with van der Waals surface area (Å²) in [6.45, 7) is 3.18. The maximum Gasteiger partial charge on any atom is 0.341 e. The van der Waals surface area contributed by atoms with Crippen LogP contribution in [-0.4, -0.2) is 42.0 Å². The zero-order valence-electron chi connectivity index (χ0n) is 15.2. The van der Waals surface area contributed by atoms with Gasteiger partial charge >= 0.3 is 5.97 Å². The zero-order valence-corrected chi connectivity index (χ0v) is 15.2. The molecule has 0 heterocycles. The molecule has 0 atom stereocenters. The fourth-order valence-corrected chi connectivity index (χ4v) is 2.36. The van der Waals surface area contributed by atoms with Gasteiger partial charge in [-0.1, -0.05) is 6.08 Å². The molecule has 8 nitrogen and oxygen atoms in total. The highest BCUT2D eigenvalue weighted by molar-refractivity contribution is 5.95. The highest BCUT2D eigenvalue weighted by Gasteiger charge is 2.14. The smallest absolute Gasteiger partial charge is 0.341 e. The summed E-state index contributed by atoms with van der Waals surface area (Å²) in [5.74, 6) is -0.820. The summed E-state index contributed by atoms with van der Waals surface area (Å²) >= 11 is 0. The van der Waals surface area contributed by atoms with Crippen molar-refractivity contribution in [2.75, 3.05) is 13.7 Å². The van der Waals surface area contributed by atoms with E-state index in [4.69, 9.17) is 14.6 Å². The molecule has 1 amide bonds. The minimum absolute atomic E-state index is 0.0621. The molecule has 0 spiro atoms. The number of methoxy groups -OCH3 is 1. The zero-order chi connectivity index (χ0) is 20.5. The Morgan fingerprint density at radius 3 is 2.57 bits per heavy atom. The van der Waals surface area contributed by atoms with Crippen molar-refractivity contribution in [2.45, 2.75) is 6.42 Å². The van der Waals surface area contributed by atoms with E-state index in [2.05, 4.69) is 17.1 Å². The Bertz CT molecular complexity index is 890. The van der Waals surface area contributed by atoms with Crippen LogP contribution in [0.15, 0.2) is 54.2 Å². The van der Waals surface area contributed by atoms with E-state index in [9.17, 15) is 14.7 Å². The first-order valence-corrected chi connectivity index (χ1v) is 8.23. The fraction of sp³-hybridized carbons (Fsp3) is 0.150. The highest BCUT2D eigenvalue weighted by atomic mass is 16.5. The average molecular weight is 384 g/mol. The van der Waals surface area contributed by atoms with Gasteiger partial charge in [0.1, 0.15) is 5.75 Å². The molecule has 0 saturated heterocycles. The van der Waals surface area contributed by atoms with E-state index in [0.29, 0.717) is 34.6 Å². The van der Waals surface area contributed by atoms with Crippen LogP contribution >= 0.6 is 0 Å². The molecule has 28 heavy (non-hydrogen) atoms. The molecule has 0 radical (unpaired) electrons. The third-order valence-electron chi connectivity index (χ3n) is 3.59. The minimum atomic E-state index is -1.10. The van der Waals surface area contributed by atoms with Gasteiger partial charge in [0.2, 0.25) is 0 Å². The highest BCUT2D eigenvalue weighted by Crippen LogP contribution is 2.33. The summed E-state index contributed by atoms with van der Waals surface area (Å²) in [6.07, 6.45) is 3.50. The number of hydrogen-bond donors (Lipinski definition) is 3. The maximum absolute atomic E-state index is 12.0. The van der Waals surface area contributed by atoms with Gasteiger partial charge in [0, 0.05) is 11.1 Å². The quantitative estimate of drug-likeness (QED) is 0.347. The van der Waals surface area contributed by atoms with Gasteiger partial charge < -0.3 is 19.7 Å². The molecule has 0 saturated carbocycles. The minimum Gasteiger partial charge on any atom is -0.508 e. The van der Waals surface area contributed by atoms with Crippen molar-refractivity contribution in [3.63, 3.8) is 0 Å². The van der Waals surface area contributed by atoms with Crippen LogP contribution in [0.5, 0.6) is 17.2 Å². The van der Waals surface area contributed by atoms with Crippen LogP contribution in [0.4, 0.5) is 0 Å². The lowest BCUT2D eigenvalue weighted by atomic mass is 10.1. The van der Waals surface area contributed by atoms with Crippen molar-refractivity contribution in [2.24, 2.45) is 5.10 Å². The van der Waals surface area contributed by atoms with Crippen LogP contribution < -0.4 is 14.9 Å². The summed E-state index contributed by atoms with van der Waals surface area (Å²) in [6, 6.07) is 9.10. The number of aliphatic carboxylic acids is 1. The lowest BCUT2D eigenvalue weighted by Crippen LogP contribution is -2.17. The van der Waals surface area contributed by atoms with Crippen LogP contribution in [-0.2, 0) is 11.2 Å². The summed E-state index contributed by atoms with van der Waals surface area (Å²) in [4.78, 5) is 22.8. The number of ether oxygens (including phenoxy) is 2. The molecular weight excluding hydrogens is 364 g/mol. The largest absolute Gasteiger partial charge is 0.508 e. The number of phenols is 1. The van der Waals surface area contributed by atoms with Crippen molar-refractivity contribution < 1.29 is 29.3 Å². The average Bonchev–Trinajstić information content (AvgIpc) is 2.67. The van der Waals surface area contributed by atoms with E-state index < -0.39 is 18.5 Å². The fourth-order valence-electron chi connectivity index (χ4n) is 2.36. The molecule has 0 aliphatic heterocycles. The number of hydrazone groups is 1. The summed E-state index contributed by atoms with van der Waals surface area (Å²) in [5, 5.41) is 22.0. The van der Waals surface area contributed by atoms with Crippen molar-refractivity contribution in [3.05, 3.63) is 65.7 Å². The molecule has 2 aromatic carbocycles. The van der Waals surface area contributed by atoms with E-state index in [-0.39, 0.29) is 5.75 Å². The van der Waals surface area contributed by atoms with Gasteiger partial charge in [-0.05, 0) is 48.4 Å². The second-order valence-electron chi connectivity index (χ2n) is 5.63. The molecule has 2 aromatic rings. The number of amides is 1. The second kappa shape index (κ2) is 9.77. The number of phenolic OH excluding ortho intramolecular Hbond substituents is 1. The molecule has 2 rings (SSSR count). The Balaban J connectivity index is 2.19. The van der Waals surface area contributed by atoms with E-state index >= 15 is 0 Å². The van der Waals surface area contributed by atoms with Crippen molar-refractivity contribution in [1.82, 2.24) is 5.43 Å². The van der Waals surface area contributed by atoms with Crippen LogP contribution in [0.25, 0.3) is 0 Å². The monoisotopic (exact) mass is 384 g/mol. The van der Waals surface area contributed by atoms with Gasteiger partial charge in [-0.2, -0.15) is 5.10 Å². The normalized spacial score (nSPS) is 10.5. The molecule has 0 aromatic heterocycles. The Morgan fingerprint density at radius 1 is 1.25 bits per heavy atom. The molecule has 0 aliphatic carbocycles. The lowest BCUT2D eigenvalue weighted by Gasteiger charge is -2.14. The third-order valence-corrected chi connectivity index (χ3v) is 3.59.